The van der Waals surface area contributed by atoms with Crippen molar-refractivity contribution in [1.29, 1.82) is 0 Å². The van der Waals surface area contributed by atoms with Crippen molar-refractivity contribution in [1.82, 2.24) is 15.0 Å². The second kappa shape index (κ2) is 2.47. The molecule has 0 fully saturated rings. The Kier molecular flexibility index (Phi) is 1.56. The summed E-state index contributed by atoms with van der Waals surface area (Å²) in [4.78, 5) is 20.5. The molecule has 2 rings (SSSR count). The summed E-state index contributed by atoms with van der Waals surface area (Å²) in [7, 11) is 0. The van der Waals surface area contributed by atoms with Crippen molar-refractivity contribution in [3.63, 3.8) is 0 Å². The van der Waals surface area contributed by atoms with Gasteiger partial charge in [-0.3, -0.25) is 9.78 Å². The molecular weight excluding hydrogens is 271 g/mol. The molecule has 2 aromatic rings. The first kappa shape index (κ1) is 7.59. The number of aromatic nitrogens is 3. The summed E-state index contributed by atoms with van der Waals surface area (Å²) in [6.45, 7) is 0. The molecule has 12 heavy (non-hydrogen) atoms. The number of H-pyrrole nitrogens is 2. The fraction of sp³-hybridized carbons (Fsp3) is 0. The van der Waals surface area contributed by atoms with Crippen LogP contribution in [0.2, 0.25) is 0 Å². The van der Waals surface area contributed by atoms with Gasteiger partial charge in [0.05, 0.1) is 9.09 Å². The number of halogens is 1. The van der Waals surface area contributed by atoms with E-state index in [1.165, 1.54) is 0 Å². The lowest BCUT2D eigenvalue weighted by Gasteiger charge is -1.90. The molecule has 0 saturated heterocycles. The maximum Gasteiger partial charge on any atom is 0.261 e. The summed E-state index contributed by atoms with van der Waals surface area (Å²) in [5.41, 5.74) is 5.66. The highest BCUT2D eigenvalue weighted by atomic mass is 127. The first-order valence-corrected chi connectivity index (χ1v) is 4.29. The number of anilines is 1. The van der Waals surface area contributed by atoms with Crippen molar-refractivity contribution in [3.8, 4) is 0 Å². The molecule has 0 amide bonds. The molecule has 0 spiro atoms. The van der Waals surface area contributed by atoms with Crippen LogP contribution >= 0.6 is 22.6 Å². The number of hydrogen-bond acceptors (Lipinski definition) is 3. The van der Waals surface area contributed by atoms with E-state index in [4.69, 9.17) is 5.73 Å². The van der Waals surface area contributed by atoms with Gasteiger partial charge < -0.3 is 10.7 Å². The zero-order valence-electron chi connectivity index (χ0n) is 5.89. The van der Waals surface area contributed by atoms with Crippen LogP contribution < -0.4 is 11.3 Å². The molecule has 0 bridgehead atoms. The topological polar surface area (TPSA) is 87.6 Å². The van der Waals surface area contributed by atoms with Gasteiger partial charge in [-0.1, -0.05) is 0 Å². The number of hydrogen-bond donors (Lipinski definition) is 3. The van der Waals surface area contributed by atoms with Crippen LogP contribution in [0.25, 0.3) is 11.0 Å². The van der Waals surface area contributed by atoms with Gasteiger partial charge in [0.1, 0.15) is 5.65 Å². The van der Waals surface area contributed by atoms with Gasteiger partial charge in [0, 0.05) is 0 Å². The Hall–Kier alpha value is -1.05. The first-order chi connectivity index (χ1) is 5.66. The van der Waals surface area contributed by atoms with Gasteiger partial charge in [-0.05, 0) is 28.7 Å². The third-order valence-corrected chi connectivity index (χ3v) is 2.06. The lowest BCUT2D eigenvalue weighted by Crippen LogP contribution is -2.09. The predicted octanol–water partition coefficient (Wildman–Crippen LogP) is 0.438. The largest absolute Gasteiger partial charge is 0.369 e. The van der Waals surface area contributed by atoms with E-state index in [1.807, 2.05) is 0 Å². The van der Waals surface area contributed by atoms with Gasteiger partial charge in [0.25, 0.3) is 5.56 Å². The Balaban J connectivity index is 2.98. The van der Waals surface area contributed by atoms with Gasteiger partial charge in [-0.2, -0.15) is 4.98 Å². The van der Waals surface area contributed by atoms with Crippen molar-refractivity contribution in [2.24, 2.45) is 0 Å². The Labute approximate surface area is 80.5 Å². The van der Waals surface area contributed by atoms with E-state index >= 15 is 0 Å². The number of nitrogen functional groups attached to an aromatic ring is 1. The highest BCUT2D eigenvalue weighted by molar-refractivity contribution is 14.1. The van der Waals surface area contributed by atoms with Gasteiger partial charge in [-0.25, -0.2) is 0 Å². The third-order valence-electron chi connectivity index (χ3n) is 1.48. The van der Waals surface area contributed by atoms with E-state index in [1.54, 1.807) is 6.07 Å². The number of nitrogens with two attached hydrogens (primary N) is 1. The zero-order valence-corrected chi connectivity index (χ0v) is 8.05. The number of nitrogens with zero attached hydrogens (tertiary/aromatic N) is 1. The molecule has 0 aromatic carbocycles. The summed E-state index contributed by atoms with van der Waals surface area (Å²) >= 11 is 2.07. The van der Waals surface area contributed by atoms with E-state index in [9.17, 15) is 4.79 Å². The number of aromatic amines is 2. The molecule has 0 saturated carbocycles. The van der Waals surface area contributed by atoms with Crippen LogP contribution in [0.15, 0.2) is 10.9 Å². The van der Waals surface area contributed by atoms with Crippen LogP contribution in [0, 0.1) is 3.70 Å². The van der Waals surface area contributed by atoms with Crippen molar-refractivity contribution in [2.45, 2.75) is 0 Å². The molecule has 5 nitrogen and oxygen atoms in total. The predicted molar refractivity (Wildman–Crippen MR) is 53.8 cm³/mol. The Bertz CT molecular complexity index is 486. The number of fused-ring (bicyclic) bond motifs is 1. The summed E-state index contributed by atoms with van der Waals surface area (Å²) in [6, 6.07) is 1.72. The summed E-state index contributed by atoms with van der Waals surface area (Å²) in [5, 5.41) is 0.536. The summed E-state index contributed by atoms with van der Waals surface area (Å²) in [5.74, 6) is 0.130. The third kappa shape index (κ3) is 1.07. The maximum absolute atomic E-state index is 11.2. The molecule has 2 heterocycles. The molecule has 0 aliphatic heterocycles. The second-order valence-electron chi connectivity index (χ2n) is 2.33. The van der Waals surface area contributed by atoms with E-state index in [2.05, 4.69) is 37.5 Å². The Morgan fingerprint density at radius 3 is 3.00 bits per heavy atom. The quantitative estimate of drug-likeness (QED) is 0.610. The van der Waals surface area contributed by atoms with Crippen LogP contribution in [0.1, 0.15) is 0 Å². The fourth-order valence-electron chi connectivity index (χ4n) is 1.00. The molecule has 62 valence electrons. The van der Waals surface area contributed by atoms with Crippen molar-refractivity contribution in [3.05, 3.63) is 20.1 Å². The molecule has 0 aliphatic rings. The molecule has 6 heteroatoms. The molecule has 0 aliphatic carbocycles. The van der Waals surface area contributed by atoms with E-state index < -0.39 is 0 Å². The lowest BCUT2D eigenvalue weighted by atomic mass is 10.4. The van der Waals surface area contributed by atoms with Gasteiger partial charge >= 0.3 is 0 Å². The Morgan fingerprint density at radius 1 is 1.50 bits per heavy atom. The van der Waals surface area contributed by atoms with E-state index in [-0.39, 0.29) is 11.5 Å². The van der Waals surface area contributed by atoms with Crippen LogP contribution in [0.3, 0.4) is 0 Å². The molecule has 4 N–H and O–H groups in total. The molecule has 0 unspecified atom stereocenters. The molecule has 0 radical (unpaired) electrons. The average molecular weight is 276 g/mol. The van der Waals surface area contributed by atoms with E-state index in [0.29, 0.717) is 11.0 Å². The van der Waals surface area contributed by atoms with Crippen LogP contribution in [-0.4, -0.2) is 15.0 Å². The monoisotopic (exact) mass is 276 g/mol. The maximum atomic E-state index is 11.2. The van der Waals surface area contributed by atoms with Crippen molar-refractivity contribution < 1.29 is 0 Å². The molecule has 0 atom stereocenters. The average Bonchev–Trinajstić information content (AvgIpc) is 2.29. The normalized spacial score (nSPS) is 10.8. The van der Waals surface area contributed by atoms with Crippen molar-refractivity contribution >= 4 is 39.6 Å². The number of rotatable bonds is 0. The lowest BCUT2D eigenvalue weighted by molar-refractivity contribution is 1.17. The first-order valence-electron chi connectivity index (χ1n) is 3.21. The summed E-state index contributed by atoms with van der Waals surface area (Å²) in [6.07, 6.45) is 0. The molecule has 2 aromatic heterocycles. The minimum Gasteiger partial charge on any atom is -0.369 e. The second-order valence-corrected chi connectivity index (χ2v) is 3.49. The minimum atomic E-state index is -0.211. The van der Waals surface area contributed by atoms with Crippen LogP contribution in [0.4, 0.5) is 5.95 Å². The minimum absolute atomic E-state index is 0.130. The smallest absolute Gasteiger partial charge is 0.261 e. The fourth-order valence-corrected chi connectivity index (χ4v) is 1.57. The molecular formula is C6H5IN4O. The standard InChI is InChI=1S/C6H5IN4O/c7-3-1-2-4(9-3)10-6(8)11-5(2)12/h1H,(H4,8,9,10,11,12). The number of nitrogens with one attached hydrogen (secondary N) is 2. The highest BCUT2D eigenvalue weighted by Crippen LogP contribution is 2.10. The Morgan fingerprint density at radius 2 is 2.25 bits per heavy atom. The SMILES string of the molecule is Nc1nc2[nH]c(I)cc2c(=O)[nH]1. The van der Waals surface area contributed by atoms with E-state index in [0.717, 1.165) is 3.70 Å². The van der Waals surface area contributed by atoms with Gasteiger partial charge in [0.2, 0.25) is 5.95 Å². The van der Waals surface area contributed by atoms with Gasteiger partial charge in [-0.15, -0.1) is 0 Å². The van der Waals surface area contributed by atoms with Crippen LogP contribution in [-0.2, 0) is 0 Å². The highest BCUT2D eigenvalue weighted by Gasteiger charge is 2.03. The van der Waals surface area contributed by atoms with Crippen LogP contribution in [0.5, 0.6) is 0 Å². The zero-order chi connectivity index (χ0) is 8.72. The van der Waals surface area contributed by atoms with Gasteiger partial charge in [0.15, 0.2) is 0 Å². The van der Waals surface area contributed by atoms with Crippen molar-refractivity contribution in [2.75, 3.05) is 5.73 Å². The summed E-state index contributed by atoms with van der Waals surface area (Å²) < 4.78 is 0.867.